The summed E-state index contributed by atoms with van der Waals surface area (Å²) in [6.07, 6.45) is 8.22. The molecule has 2 N–H and O–H groups in total. The normalized spacial score (nSPS) is 35.8. The van der Waals surface area contributed by atoms with Crippen LogP contribution in [0, 0.1) is 5.92 Å². The van der Waals surface area contributed by atoms with E-state index in [2.05, 4.69) is 17.4 Å². The van der Waals surface area contributed by atoms with Crippen molar-refractivity contribution in [3.05, 3.63) is 30.3 Å². The minimum Gasteiger partial charge on any atom is -0.387 e. The van der Waals surface area contributed by atoms with Gasteiger partial charge in [-0.3, -0.25) is 0 Å². The second-order valence-corrected chi connectivity index (χ2v) is 5.93. The van der Waals surface area contributed by atoms with Crippen LogP contribution >= 0.6 is 0 Å². The van der Waals surface area contributed by atoms with Crippen molar-refractivity contribution in [3.8, 4) is 0 Å². The molecule has 2 unspecified atom stereocenters. The summed E-state index contributed by atoms with van der Waals surface area (Å²) in [5, 5.41) is 14.6. The van der Waals surface area contributed by atoms with Gasteiger partial charge in [-0.15, -0.1) is 0 Å². The number of aliphatic hydroxyl groups is 1. The third-order valence-corrected chi connectivity index (χ3v) is 4.85. The fourth-order valence-corrected chi connectivity index (χ4v) is 3.86. The third kappa shape index (κ3) is 2.14. The Kier molecular flexibility index (Phi) is 3.29. The maximum absolute atomic E-state index is 11.0. The highest BCUT2D eigenvalue weighted by molar-refractivity contribution is 5.44. The van der Waals surface area contributed by atoms with Crippen LogP contribution in [-0.2, 0) is 0 Å². The molecule has 2 heteroatoms. The molecule has 2 aliphatic rings. The van der Waals surface area contributed by atoms with Gasteiger partial charge in [0.15, 0.2) is 0 Å². The molecular weight excluding hydrogens is 222 g/mol. The summed E-state index contributed by atoms with van der Waals surface area (Å²) in [5.41, 5.74) is 0.675. The molecule has 2 saturated carbocycles. The first-order valence-electron chi connectivity index (χ1n) is 7.33. The first-order valence-corrected chi connectivity index (χ1v) is 7.33. The monoisotopic (exact) mass is 245 g/mol. The molecule has 0 bridgehead atoms. The van der Waals surface area contributed by atoms with Crippen LogP contribution in [0.2, 0.25) is 0 Å². The summed E-state index contributed by atoms with van der Waals surface area (Å²) in [7, 11) is 0. The minimum absolute atomic E-state index is 0.235. The number of hydrogen-bond donors (Lipinski definition) is 2. The van der Waals surface area contributed by atoms with E-state index >= 15 is 0 Å². The molecule has 18 heavy (non-hydrogen) atoms. The Labute approximate surface area is 109 Å². The summed E-state index contributed by atoms with van der Waals surface area (Å²) in [4.78, 5) is 0. The van der Waals surface area contributed by atoms with E-state index in [1.807, 2.05) is 18.2 Å². The highest BCUT2D eigenvalue weighted by Gasteiger charge is 2.47. The van der Waals surface area contributed by atoms with E-state index < -0.39 is 5.60 Å². The molecule has 2 nitrogen and oxygen atoms in total. The third-order valence-electron chi connectivity index (χ3n) is 4.85. The first kappa shape index (κ1) is 12.0. The average Bonchev–Trinajstić information content (AvgIpc) is 2.41. The van der Waals surface area contributed by atoms with Crippen molar-refractivity contribution in [1.29, 1.82) is 0 Å². The lowest BCUT2D eigenvalue weighted by Gasteiger charge is -2.49. The molecule has 1 aromatic carbocycles. The van der Waals surface area contributed by atoms with Crippen LogP contribution in [0.3, 0.4) is 0 Å². The Balaban J connectivity index is 1.78. The number of para-hydroxylation sites is 1. The van der Waals surface area contributed by atoms with E-state index in [0.717, 1.165) is 18.5 Å². The zero-order chi connectivity index (χ0) is 12.4. The summed E-state index contributed by atoms with van der Waals surface area (Å²) < 4.78 is 0. The molecule has 0 aliphatic heterocycles. The smallest absolute Gasteiger partial charge is 0.0875 e. The molecule has 3 rings (SSSR count). The molecule has 2 aliphatic carbocycles. The van der Waals surface area contributed by atoms with Gasteiger partial charge in [0.25, 0.3) is 0 Å². The van der Waals surface area contributed by atoms with Crippen molar-refractivity contribution in [2.24, 2.45) is 5.92 Å². The summed E-state index contributed by atoms with van der Waals surface area (Å²) in [6.45, 7) is 0. The van der Waals surface area contributed by atoms with Gasteiger partial charge in [-0.05, 0) is 43.7 Å². The summed E-state index contributed by atoms with van der Waals surface area (Å²) in [5.74, 6) is 0.515. The Morgan fingerprint density at radius 2 is 1.78 bits per heavy atom. The average molecular weight is 245 g/mol. The van der Waals surface area contributed by atoms with Crippen LogP contribution in [0.1, 0.15) is 44.9 Å². The molecule has 2 fully saturated rings. The molecule has 0 spiro atoms. The Morgan fingerprint density at radius 1 is 1.00 bits per heavy atom. The van der Waals surface area contributed by atoms with Crippen LogP contribution in [-0.4, -0.2) is 16.7 Å². The van der Waals surface area contributed by atoms with Gasteiger partial charge in [0.05, 0.1) is 11.6 Å². The van der Waals surface area contributed by atoms with Crippen molar-refractivity contribution in [3.63, 3.8) is 0 Å². The zero-order valence-electron chi connectivity index (χ0n) is 10.9. The SMILES string of the molecule is OC12CCCC[C@@H]1CCCC2Nc1ccccc1. The van der Waals surface area contributed by atoms with Crippen LogP contribution < -0.4 is 5.32 Å². The van der Waals surface area contributed by atoms with Crippen molar-refractivity contribution in [1.82, 2.24) is 0 Å². The highest BCUT2D eigenvalue weighted by Crippen LogP contribution is 2.44. The van der Waals surface area contributed by atoms with Gasteiger partial charge in [0.2, 0.25) is 0 Å². The molecule has 0 saturated heterocycles. The lowest BCUT2D eigenvalue weighted by molar-refractivity contribution is -0.0835. The van der Waals surface area contributed by atoms with Crippen molar-refractivity contribution in [2.75, 3.05) is 5.32 Å². The Hall–Kier alpha value is -1.02. The Morgan fingerprint density at radius 3 is 2.61 bits per heavy atom. The molecular formula is C16H23NO. The van der Waals surface area contributed by atoms with E-state index in [-0.39, 0.29) is 6.04 Å². The quantitative estimate of drug-likeness (QED) is 0.835. The minimum atomic E-state index is -0.466. The number of nitrogens with one attached hydrogen (secondary N) is 1. The Bertz CT molecular complexity index is 389. The summed E-state index contributed by atoms with van der Waals surface area (Å²) in [6, 6.07) is 10.6. The molecule has 1 aromatic rings. The number of fused-ring (bicyclic) bond motifs is 1. The molecule has 0 heterocycles. The molecule has 0 aromatic heterocycles. The molecule has 0 amide bonds. The predicted octanol–water partition coefficient (Wildman–Crippen LogP) is 3.57. The maximum Gasteiger partial charge on any atom is 0.0875 e. The lowest BCUT2D eigenvalue weighted by atomic mass is 9.65. The van der Waals surface area contributed by atoms with Crippen LogP contribution in [0.4, 0.5) is 5.69 Å². The van der Waals surface area contributed by atoms with Gasteiger partial charge in [-0.2, -0.15) is 0 Å². The van der Waals surface area contributed by atoms with Gasteiger partial charge in [0, 0.05) is 5.69 Å². The fraction of sp³-hybridized carbons (Fsp3) is 0.625. The van der Waals surface area contributed by atoms with Gasteiger partial charge >= 0.3 is 0 Å². The van der Waals surface area contributed by atoms with Crippen molar-refractivity contribution >= 4 is 5.69 Å². The second kappa shape index (κ2) is 4.93. The van der Waals surface area contributed by atoms with E-state index in [4.69, 9.17) is 0 Å². The van der Waals surface area contributed by atoms with Crippen molar-refractivity contribution < 1.29 is 5.11 Å². The lowest BCUT2D eigenvalue weighted by Crippen LogP contribution is -2.56. The van der Waals surface area contributed by atoms with Crippen molar-refractivity contribution in [2.45, 2.75) is 56.6 Å². The summed E-state index contributed by atoms with van der Waals surface area (Å²) >= 11 is 0. The molecule has 98 valence electrons. The number of anilines is 1. The topological polar surface area (TPSA) is 32.3 Å². The first-order chi connectivity index (χ1) is 8.79. The number of rotatable bonds is 2. The van der Waals surface area contributed by atoms with E-state index in [0.29, 0.717) is 5.92 Å². The second-order valence-electron chi connectivity index (χ2n) is 5.93. The maximum atomic E-state index is 11.0. The molecule has 3 atom stereocenters. The van der Waals surface area contributed by atoms with Crippen LogP contribution in [0.5, 0.6) is 0 Å². The van der Waals surface area contributed by atoms with Gasteiger partial charge in [-0.1, -0.05) is 37.5 Å². The number of benzene rings is 1. The van der Waals surface area contributed by atoms with Crippen LogP contribution in [0.25, 0.3) is 0 Å². The predicted molar refractivity (Wildman–Crippen MR) is 74.6 cm³/mol. The van der Waals surface area contributed by atoms with Gasteiger partial charge < -0.3 is 10.4 Å². The molecule has 0 radical (unpaired) electrons. The van der Waals surface area contributed by atoms with E-state index in [1.54, 1.807) is 0 Å². The van der Waals surface area contributed by atoms with Gasteiger partial charge in [0.1, 0.15) is 0 Å². The van der Waals surface area contributed by atoms with E-state index in [9.17, 15) is 5.11 Å². The largest absolute Gasteiger partial charge is 0.387 e. The fourth-order valence-electron chi connectivity index (χ4n) is 3.86. The number of hydrogen-bond acceptors (Lipinski definition) is 2. The van der Waals surface area contributed by atoms with E-state index in [1.165, 1.54) is 32.1 Å². The van der Waals surface area contributed by atoms with Crippen LogP contribution in [0.15, 0.2) is 30.3 Å². The highest BCUT2D eigenvalue weighted by atomic mass is 16.3. The standard InChI is InChI=1S/C16H23NO/c18-16-12-5-4-7-13(16)8-6-11-15(16)17-14-9-2-1-3-10-14/h1-3,9-10,13,15,17-18H,4-8,11-12H2/t13-,15?,16?/m1/s1. The zero-order valence-corrected chi connectivity index (χ0v) is 10.9. The van der Waals surface area contributed by atoms with Gasteiger partial charge in [-0.25, -0.2) is 0 Å².